The maximum atomic E-state index is 13.2. The van der Waals surface area contributed by atoms with Gasteiger partial charge >= 0.3 is 6.03 Å². The smallest absolute Gasteiger partial charge is 0.308 e. The summed E-state index contributed by atoms with van der Waals surface area (Å²) in [7, 11) is 0. The normalized spacial score (nSPS) is 13.4. The summed E-state index contributed by atoms with van der Waals surface area (Å²) in [5, 5.41) is 5.05. The van der Waals surface area contributed by atoms with Gasteiger partial charge in [0.25, 0.3) is 0 Å². The summed E-state index contributed by atoms with van der Waals surface area (Å²) in [6.07, 6.45) is 6.43. The van der Waals surface area contributed by atoms with Crippen LogP contribution in [0.4, 0.5) is 14.9 Å². The van der Waals surface area contributed by atoms with Gasteiger partial charge in [0, 0.05) is 5.70 Å². The molecule has 0 spiro atoms. The maximum absolute atomic E-state index is 13.2. The first-order chi connectivity index (χ1) is 7.75. The molecule has 0 atom stereocenters. The van der Waals surface area contributed by atoms with Crippen LogP contribution in [0.5, 0.6) is 0 Å². The van der Waals surface area contributed by atoms with Crippen molar-refractivity contribution in [3.63, 3.8) is 0 Å². The van der Waals surface area contributed by atoms with Crippen molar-refractivity contribution in [1.82, 2.24) is 5.32 Å². The lowest BCUT2D eigenvalue weighted by Gasteiger charge is -2.07. The summed E-state index contributed by atoms with van der Waals surface area (Å²) in [6, 6.07) is 5.59. The molecule has 0 saturated heterocycles. The van der Waals surface area contributed by atoms with Gasteiger partial charge in [-0.3, -0.25) is 0 Å². The molecule has 1 aromatic carbocycles. The summed E-state index contributed by atoms with van der Waals surface area (Å²) < 4.78 is 13.2. The third-order valence-corrected chi connectivity index (χ3v) is 2.15. The minimum Gasteiger partial charge on any atom is -0.308 e. The lowest BCUT2D eigenvalue weighted by atomic mass is 10.3. The molecular formula is C12H11FN2O. The molecule has 2 N–H and O–H groups in total. The fraction of sp³-hybridized carbons (Fsp3) is 0.0833. The molecule has 0 bridgehead atoms. The molecule has 0 heterocycles. The predicted molar refractivity (Wildman–Crippen MR) is 60.4 cm³/mol. The van der Waals surface area contributed by atoms with Crippen molar-refractivity contribution in [2.75, 3.05) is 5.32 Å². The van der Waals surface area contributed by atoms with Crippen LogP contribution in [-0.4, -0.2) is 6.03 Å². The number of allylic oxidation sites excluding steroid dienone is 3. The standard InChI is InChI=1S/C12H11FN2O/c13-10-7-3-4-8-11(10)15-12(16)14-9-5-1-2-6-9/h1,3-8H,2H2,(H2,14,15,16). The zero-order chi connectivity index (χ0) is 11.4. The molecule has 0 unspecified atom stereocenters. The average molecular weight is 218 g/mol. The molecule has 2 amide bonds. The van der Waals surface area contributed by atoms with Crippen molar-refractivity contribution in [3.05, 3.63) is 54.0 Å². The highest BCUT2D eigenvalue weighted by atomic mass is 19.1. The first kappa shape index (κ1) is 10.4. The molecule has 1 aliphatic rings. The Hall–Kier alpha value is -2.10. The molecule has 0 saturated carbocycles. The van der Waals surface area contributed by atoms with E-state index in [2.05, 4.69) is 10.6 Å². The minimum absolute atomic E-state index is 0.169. The fourth-order valence-corrected chi connectivity index (χ4v) is 1.40. The average Bonchev–Trinajstić information content (AvgIpc) is 2.74. The summed E-state index contributed by atoms with van der Waals surface area (Å²) in [6.45, 7) is 0. The minimum atomic E-state index is -0.450. The van der Waals surface area contributed by atoms with E-state index in [0.29, 0.717) is 0 Å². The van der Waals surface area contributed by atoms with Gasteiger partial charge in [0.15, 0.2) is 0 Å². The lowest BCUT2D eigenvalue weighted by Crippen LogP contribution is -2.27. The number of halogens is 1. The van der Waals surface area contributed by atoms with Gasteiger partial charge in [-0.2, -0.15) is 0 Å². The van der Waals surface area contributed by atoms with Gasteiger partial charge in [0.2, 0.25) is 0 Å². The van der Waals surface area contributed by atoms with Crippen LogP contribution < -0.4 is 10.6 Å². The van der Waals surface area contributed by atoms with E-state index in [1.165, 1.54) is 12.1 Å². The molecule has 0 radical (unpaired) electrons. The van der Waals surface area contributed by atoms with Crippen LogP contribution in [0.3, 0.4) is 0 Å². The monoisotopic (exact) mass is 218 g/mol. The van der Waals surface area contributed by atoms with Gasteiger partial charge < -0.3 is 10.6 Å². The zero-order valence-corrected chi connectivity index (χ0v) is 8.53. The molecular weight excluding hydrogens is 207 g/mol. The number of amides is 2. The van der Waals surface area contributed by atoms with E-state index in [-0.39, 0.29) is 5.69 Å². The van der Waals surface area contributed by atoms with E-state index < -0.39 is 11.8 Å². The molecule has 0 aromatic heterocycles. The number of benzene rings is 1. The van der Waals surface area contributed by atoms with E-state index in [4.69, 9.17) is 0 Å². The Labute approximate surface area is 92.7 Å². The van der Waals surface area contributed by atoms with Gasteiger partial charge in [0.1, 0.15) is 5.82 Å². The molecule has 0 aliphatic heterocycles. The van der Waals surface area contributed by atoms with Crippen molar-refractivity contribution in [2.45, 2.75) is 6.42 Å². The van der Waals surface area contributed by atoms with Crippen molar-refractivity contribution in [1.29, 1.82) is 0 Å². The highest BCUT2D eigenvalue weighted by Gasteiger charge is 2.07. The molecule has 1 aromatic rings. The van der Waals surface area contributed by atoms with Crippen LogP contribution in [-0.2, 0) is 0 Å². The molecule has 82 valence electrons. The van der Waals surface area contributed by atoms with Gasteiger partial charge in [0.05, 0.1) is 5.69 Å². The van der Waals surface area contributed by atoms with Crippen LogP contribution >= 0.6 is 0 Å². The summed E-state index contributed by atoms with van der Waals surface area (Å²) in [5.41, 5.74) is 0.899. The number of nitrogens with one attached hydrogen (secondary N) is 2. The third kappa shape index (κ3) is 2.48. The highest BCUT2D eigenvalue weighted by molar-refractivity contribution is 5.90. The van der Waals surface area contributed by atoms with Crippen molar-refractivity contribution >= 4 is 11.7 Å². The van der Waals surface area contributed by atoms with Crippen LogP contribution in [0.15, 0.2) is 48.2 Å². The zero-order valence-electron chi connectivity index (χ0n) is 8.53. The quantitative estimate of drug-likeness (QED) is 0.787. The second-order valence-electron chi connectivity index (χ2n) is 3.36. The fourth-order valence-electron chi connectivity index (χ4n) is 1.40. The van der Waals surface area contributed by atoms with Crippen LogP contribution in [0.1, 0.15) is 6.42 Å². The summed E-state index contributed by atoms with van der Waals surface area (Å²) >= 11 is 0. The highest BCUT2D eigenvalue weighted by Crippen LogP contribution is 2.12. The lowest BCUT2D eigenvalue weighted by molar-refractivity contribution is 0.254. The molecule has 16 heavy (non-hydrogen) atoms. The second kappa shape index (κ2) is 4.61. The third-order valence-electron chi connectivity index (χ3n) is 2.15. The van der Waals surface area contributed by atoms with Crippen molar-refractivity contribution in [2.24, 2.45) is 0 Å². The Morgan fingerprint density at radius 1 is 1.25 bits per heavy atom. The van der Waals surface area contributed by atoms with E-state index >= 15 is 0 Å². The molecule has 3 nitrogen and oxygen atoms in total. The summed E-state index contributed by atoms with van der Waals surface area (Å²) in [4.78, 5) is 11.5. The predicted octanol–water partition coefficient (Wildman–Crippen LogP) is 2.79. The Kier molecular flexibility index (Phi) is 3.00. The second-order valence-corrected chi connectivity index (χ2v) is 3.36. The SMILES string of the molecule is O=C(NC1=CCC=C1)Nc1ccccc1F. The number of urea groups is 1. The van der Waals surface area contributed by atoms with E-state index in [0.717, 1.165) is 12.1 Å². The Bertz CT molecular complexity index is 466. The van der Waals surface area contributed by atoms with Crippen LogP contribution in [0.2, 0.25) is 0 Å². The number of carbonyl (C=O) groups excluding carboxylic acids is 1. The van der Waals surface area contributed by atoms with Gasteiger partial charge in [-0.25, -0.2) is 9.18 Å². The van der Waals surface area contributed by atoms with Crippen molar-refractivity contribution < 1.29 is 9.18 Å². The van der Waals surface area contributed by atoms with Crippen LogP contribution in [0, 0.1) is 5.82 Å². The van der Waals surface area contributed by atoms with E-state index in [1.807, 2.05) is 12.2 Å². The number of anilines is 1. The first-order valence-corrected chi connectivity index (χ1v) is 4.95. The topological polar surface area (TPSA) is 41.1 Å². The molecule has 4 heteroatoms. The number of hydrogen-bond acceptors (Lipinski definition) is 1. The molecule has 0 fully saturated rings. The number of rotatable bonds is 2. The Morgan fingerprint density at radius 3 is 2.75 bits per heavy atom. The van der Waals surface area contributed by atoms with Gasteiger partial charge in [-0.05, 0) is 24.6 Å². The number of hydrogen-bond donors (Lipinski definition) is 2. The largest absolute Gasteiger partial charge is 0.323 e. The summed E-state index contributed by atoms with van der Waals surface area (Å²) in [5.74, 6) is -0.450. The van der Waals surface area contributed by atoms with Gasteiger partial charge in [-0.15, -0.1) is 0 Å². The van der Waals surface area contributed by atoms with E-state index in [9.17, 15) is 9.18 Å². The molecule has 2 rings (SSSR count). The number of carbonyl (C=O) groups is 1. The van der Waals surface area contributed by atoms with Crippen LogP contribution in [0.25, 0.3) is 0 Å². The number of para-hydroxylation sites is 1. The Balaban J connectivity index is 1.97. The first-order valence-electron chi connectivity index (χ1n) is 4.95. The maximum Gasteiger partial charge on any atom is 0.323 e. The van der Waals surface area contributed by atoms with E-state index in [1.54, 1.807) is 18.2 Å². The van der Waals surface area contributed by atoms with Crippen molar-refractivity contribution in [3.8, 4) is 0 Å². The van der Waals surface area contributed by atoms with Gasteiger partial charge in [-0.1, -0.05) is 24.3 Å². The Morgan fingerprint density at radius 2 is 2.06 bits per heavy atom. The molecule has 1 aliphatic carbocycles.